The van der Waals surface area contributed by atoms with E-state index in [-0.39, 0.29) is 47.4 Å². The lowest BCUT2D eigenvalue weighted by molar-refractivity contribution is -0.114. The number of rotatable bonds is 16. The second-order valence-electron chi connectivity index (χ2n) is 30.4. The molecule has 0 bridgehead atoms. The van der Waals surface area contributed by atoms with Crippen LogP contribution in [0.1, 0.15) is 242 Å². The SMILES string of the molecule is CC(=O)Nc1ccc(NC(=O)c2cc3c(C)nn(C4CCCCC4)c3s2)cc1.CNC(=O)c1ccc(NC(=O)c2cc3c(C)nn(C4CCCCC4)c3s2)cc1.Cc1nn(C2CCCCC2)c2sc(C(=O)Nc3ccc(C(=O)N(C)C)cc3)cc12.Cc1nn(C2CCCCC2)c2sc(C(=O)Nc3ccc(N4CCNC4=O)nc3)cc12. The van der Waals surface area contributed by atoms with Crippen LogP contribution in [0, 0.1) is 27.7 Å². The Balaban J connectivity index is 0.000000127. The standard InChI is InChI=1S/C22H26N4O2S.C21H24N6O2S.2C21H24N4O2S/c1-14-18-13-19(29-22(18)26(24-14)17-7-5-4-6-8-17)20(27)23-16-11-9-15(10-12-16)21(28)25(2)3;1-13-16-11-17(30-20(16)27(25-13)15-5-3-2-4-6-15)19(28)24-14-7-8-18(23-12-14)26-10-9-22-21(26)29;1-13-17-12-18(28-21(17)25(24-13)16-6-4-3-5-7-16)20(27)23-15-10-8-14(9-11-15)19(26)22-2;1-13-18-12-19(28-21(18)25(24-13)17-6-4-3-5-7-17)20(27)23-16-10-8-15(9-11-16)22-14(2)26/h9-13,17H,4-8H2,1-3H3,(H,23,27);7-8,11-12,15H,2-6,9-10H2,1H3,(H,22,29)(H,24,28);8-12,16H,3-7H2,1-2H3,(H,22,26)(H,23,27);8-12,17H,3-7H2,1-2H3,(H,22,26)(H,23,27). The van der Waals surface area contributed by atoms with Gasteiger partial charge in [0.05, 0.1) is 78.3 Å². The zero-order valence-corrected chi connectivity index (χ0v) is 69.4. The number of nitrogens with one attached hydrogen (secondary N) is 7. The van der Waals surface area contributed by atoms with Crippen molar-refractivity contribution in [1.29, 1.82) is 0 Å². The first kappa shape index (κ1) is 80.6. The smallest absolute Gasteiger partial charge is 0.323 e. The summed E-state index contributed by atoms with van der Waals surface area (Å²) in [7, 11) is 5.03. The lowest BCUT2D eigenvalue weighted by Crippen LogP contribution is -2.28. The Morgan fingerprint density at radius 3 is 1.00 bits per heavy atom. The number of carbonyl (C=O) groups excluding carboxylic acids is 8. The van der Waals surface area contributed by atoms with E-state index in [1.807, 2.05) is 52.0 Å². The fourth-order valence-electron chi connectivity index (χ4n) is 15.8. The van der Waals surface area contributed by atoms with Gasteiger partial charge in [0, 0.05) is 96.6 Å². The quantitative estimate of drug-likeness (QED) is 0.0474. The molecule has 9 aromatic heterocycles. The number of aryl methyl sites for hydroxylation is 4. The molecule has 4 aliphatic carbocycles. The number of benzene rings is 3. The minimum atomic E-state index is -0.153. The lowest BCUT2D eigenvalue weighted by atomic mass is 9.96. The Kier molecular flexibility index (Phi) is 25.4. The monoisotopic (exact) mass is 1630 g/mol. The number of urea groups is 1. The highest BCUT2D eigenvalue weighted by atomic mass is 32.1. The molecule has 5 fully saturated rings. The van der Waals surface area contributed by atoms with Crippen LogP contribution < -0.4 is 42.1 Å². The van der Waals surface area contributed by atoms with Crippen LogP contribution in [0.5, 0.6) is 0 Å². The van der Waals surface area contributed by atoms with E-state index in [2.05, 4.69) is 60.9 Å². The van der Waals surface area contributed by atoms with Gasteiger partial charge in [-0.1, -0.05) is 77.0 Å². The number of pyridine rings is 1. The van der Waals surface area contributed by atoms with E-state index in [4.69, 9.17) is 20.4 Å². The Morgan fingerprint density at radius 1 is 0.409 bits per heavy atom. The van der Waals surface area contributed by atoms with E-state index < -0.39 is 0 Å². The summed E-state index contributed by atoms with van der Waals surface area (Å²) >= 11 is 6.01. The Morgan fingerprint density at radius 2 is 0.713 bits per heavy atom. The number of hydrogen-bond acceptors (Lipinski definition) is 17. The van der Waals surface area contributed by atoms with Crippen LogP contribution >= 0.6 is 45.3 Å². The summed E-state index contributed by atoms with van der Waals surface area (Å²) in [4.78, 5) is 112. The third-order valence-electron chi connectivity index (χ3n) is 21.9. The largest absolute Gasteiger partial charge is 0.355 e. The van der Waals surface area contributed by atoms with Gasteiger partial charge in [0.1, 0.15) is 25.1 Å². The summed E-state index contributed by atoms with van der Waals surface area (Å²) < 4.78 is 8.58. The van der Waals surface area contributed by atoms with Gasteiger partial charge in [-0.15, -0.1) is 45.3 Å². The third kappa shape index (κ3) is 18.7. The Hall–Kier alpha value is -11.0. The molecule has 600 valence electrons. The van der Waals surface area contributed by atoms with Crippen LogP contribution in [-0.4, -0.2) is 131 Å². The van der Waals surface area contributed by atoms with E-state index in [9.17, 15) is 38.4 Å². The Labute approximate surface area is 683 Å². The summed E-state index contributed by atoms with van der Waals surface area (Å²) in [6.45, 7) is 10.7. The van der Waals surface area contributed by atoms with Crippen LogP contribution in [0.3, 0.4) is 0 Å². The molecule has 5 aliphatic rings. The first-order valence-electron chi connectivity index (χ1n) is 39.8. The van der Waals surface area contributed by atoms with E-state index in [0.29, 0.717) is 102 Å². The molecule has 30 heteroatoms. The number of carbonyl (C=O) groups is 8. The summed E-state index contributed by atoms with van der Waals surface area (Å²) in [5, 5.41) is 43.0. The van der Waals surface area contributed by atoms with Crippen LogP contribution in [-0.2, 0) is 4.79 Å². The van der Waals surface area contributed by atoms with Crippen molar-refractivity contribution in [3.8, 4) is 0 Å². The molecule has 1 aliphatic heterocycles. The van der Waals surface area contributed by atoms with Crippen LogP contribution in [0.15, 0.2) is 115 Å². The van der Waals surface area contributed by atoms with Crippen molar-refractivity contribution in [3.05, 3.63) is 169 Å². The molecule has 10 heterocycles. The molecule has 12 aromatic rings. The van der Waals surface area contributed by atoms with Gasteiger partial charge in [0.2, 0.25) is 5.91 Å². The first-order valence-corrected chi connectivity index (χ1v) is 43.1. The highest BCUT2D eigenvalue weighted by Crippen LogP contribution is 2.41. The van der Waals surface area contributed by atoms with Gasteiger partial charge in [0.25, 0.3) is 35.4 Å². The van der Waals surface area contributed by atoms with Crippen molar-refractivity contribution < 1.29 is 38.4 Å². The van der Waals surface area contributed by atoms with Gasteiger partial charge in [0.15, 0.2) is 0 Å². The topological polar surface area (TPSA) is 311 Å². The minimum absolute atomic E-state index is 0.0601. The molecule has 0 spiro atoms. The molecular formula is C85H98N18O8S4. The number of amides is 9. The van der Waals surface area contributed by atoms with Crippen LogP contribution in [0.2, 0.25) is 0 Å². The van der Waals surface area contributed by atoms with Gasteiger partial charge >= 0.3 is 6.03 Å². The molecule has 0 radical (unpaired) electrons. The summed E-state index contributed by atoms with van der Waals surface area (Å²) in [5.74, 6) is -0.295. The van der Waals surface area contributed by atoms with E-state index in [1.54, 1.807) is 117 Å². The van der Waals surface area contributed by atoms with Gasteiger partial charge < -0.3 is 42.1 Å². The lowest BCUT2D eigenvalue weighted by Gasteiger charge is -2.22. The number of fused-ring (bicyclic) bond motifs is 4. The molecule has 0 unspecified atom stereocenters. The number of nitrogens with zero attached hydrogens (tertiary/aromatic N) is 11. The molecule has 7 N–H and O–H groups in total. The average Bonchev–Trinajstić information content (AvgIpc) is 1.64. The van der Waals surface area contributed by atoms with E-state index in [1.165, 1.54) is 134 Å². The fraction of sp³-hybridized carbons (Fsp3) is 0.400. The predicted molar refractivity (Wildman–Crippen MR) is 460 cm³/mol. The van der Waals surface area contributed by atoms with Crippen molar-refractivity contribution in [1.82, 2.24) is 59.6 Å². The molecule has 26 nitrogen and oxygen atoms in total. The minimum Gasteiger partial charge on any atom is -0.355 e. The van der Waals surface area contributed by atoms with Gasteiger partial charge in [-0.25, -0.2) is 9.78 Å². The summed E-state index contributed by atoms with van der Waals surface area (Å²) in [5.41, 5.74) is 8.41. The second-order valence-corrected chi connectivity index (χ2v) is 34.5. The van der Waals surface area contributed by atoms with E-state index >= 15 is 0 Å². The first-order chi connectivity index (χ1) is 55.6. The number of thiophene rings is 4. The maximum atomic E-state index is 12.8. The van der Waals surface area contributed by atoms with Crippen molar-refractivity contribution in [2.45, 2.75) is 187 Å². The number of aromatic nitrogens is 9. The van der Waals surface area contributed by atoms with Crippen molar-refractivity contribution in [2.75, 3.05) is 65.7 Å². The van der Waals surface area contributed by atoms with E-state index in [0.717, 1.165) is 115 Å². The third-order valence-corrected chi connectivity index (χ3v) is 26.4. The molecule has 3 aromatic carbocycles. The predicted octanol–water partition coefficient (Wildman–Crippen LogP) is 18.6. The van der Waals surface area contributed by atoms with Gasteiger partial charge in [-0.2, -0.15) is 20.4 Å². The van der Waals surface area contributed by atoms with Gasteiger partial charge in [-0.3, -0.25) is 57.2 Å². The van der Waals surface area contributed by atoms with Crippen molar-refractivity contribution >= 4 is 168 Å². The summed E-state index contributed by atoms with van der Waals surface area (Å²) in [6.07, 6.45) is 26.0. The number of anilines is 6. The maximum absolute atomic E-state index is 12.8. The zero-order chi connectivity index (χ0) is 80.6. The molecule has 0 atom stereocenters. The molecule has 1 saturated heterocycles. The molecule has 17 rings (SSSR count). The normalized spacial score (nSPS) is 15.6. The number of hydrogen-bond donors (Lipinski definition) is 7. The molecule has 4 saturated carbocycles. The maximum Gasteiger partial charge on any atom is 0.323 e. The zero-order valence-electron chi connectivity index (χ0n) is 66.2. The molecule has 115 heavy (non-hydrogen) atoms. The molecular weight excluding hydrogens is 1530 g/mol. The average molecular weight is 1630 g/mol. The second kappa shape index (κ2) is 36.3. The van der Waals surface area contributed by atoms with Crippen LogP contribution in [0.4, 0.5) is 39.0 Å². The van der Waals surface area contributed by atoms with Gasteiger partial charge in [-0.05, 0) is 188 Å². The highest BCUT2D eigenvalue weighted by Gasteiger charge is 2.29. The fourth-order valence-corrected chi connectivity index (χ4v) is 20.3. The summed E-state index contributed by atoms with van der Waals surface area (Å²) in [6, 6.07) is 33.9. The highest BCUT2D eigenvalue weighted by molar-refractivity contribution is 7.21. The Bertz CT molecular complexity index is 5520. The van der Waals surface area contributed by atoms with Crippen LogP contribution in [0.25, 0.3) is 40.9 Å². The van der Waals surface area contributed by atoms with Crippen molar-refractivity contribution in [3.63, 3.8) is 0 Å². The van der Waals surface area contributed by atoms with Crippen molar-refractivity contribution in [2.24, 2.45) is 0 Å². The molecule has 9 amide bonds.